The van der Waals surface area contributed by atoms with Gasteiger partial charge >= 0.3 is 0 Å². The highest BCUT2D eigenvalue weighted by molar-refractivity contribution is 6.76. The van der Waals surface area contributed by atoms with Gasteiger partial charge in [0, 0.05) is 51.6 Å². The van der Waals surface area contributed by atoms with Crippen molar-refractivity contribution in [3.63, 3.8) is 0 Å². The van der Waals surface area contributed by atoms with Crippen LogP contribution in [0.3, 0.4) is 0 Å². The maximum absolute atomic E-state index is 14.9. The van der Waals surface area contributed by atoms with Crippen molar-refractivity contribution in [1.82, 2.24) is 19.4 Å². The highest BCUT2D eigenvalue weighted by Crippen LogP contribution is 2.28. The van der Waals surface area contributed by atoms with E-state index in [9.17, 15) is 19.2 Å². The number of nitrogens with zero attached hydrogens (tertiary/aromatic N) is 5. The zero-order valence-electron chi connectivity index (χ0n) is 24.4. The number of ether oxygens (including phenoxy) is 1. The van der Waals surface area contributed by atoms with Gasteiger partial charge in [0.15, 0.2) is 11.4 Å². The van der Waals surface area contributed by atoms with Gasteiger partial charge in [-0.05, 0) is 30.3 Å². The molecular weight excluding hydrogens is 527 g/mol. The van der Waals surface area contributed by atoms with E-state index in [1.165, 1.54) is 43.4 Å². The summed E-state index contributed by atoms with van der Waals surface area (Å²) in [6, 6.07) is 7.15. The molecule has 1 N–H and O–H groups in total. The lowest BCUT2D eigenvalue weighted by Crippen LogP contribution is -2.22. The number of carbonyl (C=O) groups is 2. The number of halogens is 1. The number of hydrogen-bond donors (Lipinski definition) is 1. The Bertz CT molecular complexity index is 1490. The molecule has 0 saturated carbocycles. The molecule has 212 valence electrons. The van der Waals surface area contributed by atoms with Crippen molar-refractivity contribution in [3.05, 3.63) is 53.1 Å². The SMILES string of the molecule is CN(C)C(=O)C(C#N)=Cc1ccc(Nc2cnc3c(n2)c(C(=O)C(C)(C)C)cn3COCC[Si](C)(C)C)cc1F. The molecule has 0 spiro atoms. The molecule has 40 heavy (non-hydrogen) atoms. The number of fused-ring (bicyclic) bond motifs is 1. The summed E-state index contributed by atoms with van der Waals surface area (Å²) in [7, 11) is 1.79. The van der Waals surface area contributed by atoms with E-state index in [2.05, 4.69) is 34.9 Å². The van der Waals surface area contributed by atoms with Crippen LogP contribution in [-0.4, -0.2) is 59.9 Å². The maximum atomic E-state index is 14.9. The summed E-state index contributed by atoms with van der Waals surface area (Å²) < 4.78 is 22.6. The van der Waals surface area contributed by atoms with Gasteiger partial charge in [-0.2, -0.15) is 5.26 Å². The fourth-order valence-electron chi connectivity index (χ4n) is 3.73. The first kappa shape index (κ1) is 30.7. The predicted octanol–water partition coefficient (Wildman–Crippen LogP) is 5.85. The van der Waals surface area contributed by atoms with Crippen molar-refractivity contribution in [3.8, 4) is 6.07 Å². The maximum Gasteiger partial charge on any atom is 0.264 e. The van der Waals surface area contributed by atoms with E-state index in [1.54, 1.807) is 16.8 Å². The number of Topliss-reactive ketones (excluding diaryl/α,β-unsaturated/α-hetero) is 1. The van der Waals surface area contributed by atoms with Gasteiger partial charge in [0.1, 0.15) is 35.5 Å². The fourth-order valence-corrected chi connectivity index (χ4v) is 4.49. The van der Waals surface area contributed by atoms with Gasteiger partial charge in [-0.25, -0.2) is 14.4 Å². The van der Waals surface area contributed by atoms with Crippen LogP contribution in [0.4, 0.5) is 15.9 Å². The Morgan fingerprint density at radius 1 is 1.25 bits per heavy atom. The summed E-state index contributed by atoms with van der Waals surface area (Å²) in [5.74, 6) is -0.881. The minimum atomic E-state index is -1.24. The zero-order chi connectivity index (χ0) is 29.8. The molecule has 3 rings (SSSR count). The number of aromatic nitrogens is 3. The lowest BCUT2D eigenvalue weighted by atomic mass is 9.87. The molecule has 0 atom stereocenters. The van der Waals surface area contributed by atoms with Gasteiger partial charge in [-0.3, -0.25) is 9.59 Å². The minimum Gasteiger partial charge on any atom is -0.361 e. The molecule has 3 aromatic rings. The Hall–Kier alpha value is -3.88. The number of benzene rings is 1. The summed E-state index contributed by atoms with van der Waals surface area (Å²) in [6.45, 7) is 13.3. The molecule has 2 aromatic heterocycles. The van der Waals surface area contributed by atoms with Gasteiger partial charge in [-0.1, -0.05) is 40.4 Å². The summed E-state index contributed by atoms with van der Waals surface area (Å²) in [4.78, 5) is 35.8. The van der Waals surface area contributed by atoms with E-state index in [0.29, 0.717) is 34.8 Å². The molecule has 11 heteroatoms. The molecule has 0 unspecified atom stereocenters. The van der Waals surface area contributed by atoms with E-state index in [4.69, 9.17) is 4.74 Å². The molecule has 0 saturated heterocycles. The highest BCUT2D eigenvalue weighted by atomic mass is 28.3. The third-order valence-corrected chi connectivity index (χ3v) is 7.75. The van der Waals surface area contributed by atoms with Crippen LogP contribution >= 0.6 is 0 Å². The number of nitriles is 1. The minimum absolute atomic E-state index is 0.0763. The summed E-state index contributed by atoms with van der Waals surface area (Å²) in [5.41, 5.74) is 1.07. The molecule has 0 fully saturated rings. The lowest BCUT2D eigenvalue weighted by Gasteiger charge is -2.16. The van der Waals surface area contributed by atoms with Crippen molar-refractivity contribution in [2.24, 2.45) is 5.41 Å². The fraction of sp³-hybridized carbons (Fsp3) is 0.414. The van der Waals surface area contributed by atoms with E-state index in [-0.39, 0.29) is 23.7 Å². The van der Waals surface area contributed by atoms with E-state index in [1.807, 2.05) is 26.8 Å². The first-order chi connectivity index (χ1) is 18.6. The second-order valence-corrected chi connectivity index (χ2v) is 17.7. The first-order valence-electron chi connectivity index (χ1n) is 13.0. The van der Waals surface area contributed by atoms with Crippen LogP contribution in [0.25, 0.3) is 17.2 Å². The van der Waals surface area contributed by atoms with Crippen LogP contribution in [0.1, 0.15) is 36.7 Å². The number of likely N-dealkylation sites (N-methyl/N-ethyl adjacent to an activating group) is 1. The Kier molecular flexibility index (Phi) is 9.27. The summed E-state index contributed by atoms with van der Waals surface area (Å²) in [6.07, 6.45) is 4.47. The Morgan fingerprint density at radius 2 is 1.95 bits per heavy atom. The number of anilines is 2. The van der Waals surface area contributed by atoms with Crippen molar-refractivity contribution in [2.75, 3.05) is 26.0 Å². The highest BCUT2D eigenvalue weighted by Gasteiger charge is 2.28. The first-order valence-corrected chi connectivity index (χ1v) is 16.7. The second-order valence-electron chi connectivity index (χ2n) is 12.1. The average Bonchev–Trinajstić information content (AvgIpc) is 3.21. The van der Waals surface area contributed by atoms with Crippen molar-refractivity contribution < 1.29 is 18.7 Å². The summed E-state index contributed by atoms with van der Waals surface area (Å²) >= 11 is 0. The van der Waals surface area contributed by atoms with E-state index >= 15 is 0 Å². The summed E-state index contributed by atoms with van der Waals surface area (Å²) in [5, 5.41) is 12.3. The number of nitrogens with one attached hydrogen (secondary N) is 1. The number of carbonyl (C=O) groups excluding carboxylic acids is 2. The van der Waals surface area contributed by atoms with Gasteiger partial charge in [0.25, 0.3) is 5.91 Å². The van der Waals surface area contributed by atoms with Crippen LogP contribution < -0.4 is 5.32 Å². The molecular formula is C29H37FN6O3Si. The van der Waals surface area contributed by atoms with E-state index < -0.39 is 25.2 Å². The average molecular weight is 565 g/mol. The van der Waals surface area contributed by atoms with Crippen LogP contribution in [0.2, 0.25) is 25.7 Å². The van der Waals surface area contributed by atoms with Gasteiger partial charge < -0.3 is 19.5 Å². The third kappa shape index (κ3) is 7.61. The van der Waals surface area contributed by atoms with Gasteiger partial charge in [-0.15, -0.1) is 0 Å². The normalized spacial score (nSPS) is 12.3. The molecule has 1 aromatic carbocycles. The Balaban J connectivity index is 1.91. The monoisotopic (exact) mass is 564 g/mol. The number of hydrogen-bond acceptors (Lipinski definition) is 7. The smallest absolute Gasteiger partial charge is 0.264 e. The van der Waals surface area contributed by atoms with E-state index in [0.717, 1.165) is 6.04 Å². The van der Waals surface area contributed by atoms with Crippen LogP contribution in [0.15, 0.2) is 36.2 Å². The Labute approximate surface area is 235 Å². The Morgan fingerprint density at radius 3 is 2.52 bits per heavy atom. The molecule has 0 aliphatic heterocycles. The zero-order valence-corrected chi connectivity index (χ0v) is 25.4. The quantitative estimate of drug-likeness (QED) is 0.108. The topological polar surface area (TPSA) is 113 Å². The standard InChI is InChI=1S/C29H37FN6O3Si/c1-29(2,3)26(37)22-17-36(18-39-11-12-40(6,7)8)27-25(22)34-24(16-32-27)33-21-10-9-19(23(30)14-21)13-20(15-31)28(38)35(4)5/h9-10,13-14,16-17H,11-12,18H2,1-8H3,(H,33,34). The van der Waals surface area contributed by atoms with Crippen molar-refractivity contribution >= 4 is 48.5 Å². The lowest BCUT2D eigenvalue weighted by molar-refractivity contribution is -0.124. The predicted molar refractivity (Wildman–Crippen MR) is 157 cm³/mol. The van der Waals surface area contributed by atoms with Gasteiger partial charge in [0.05, 0.1) is 11.8 Å². The van der Waals surface area contributed by atoms with Crippen molar-refractivity contribution in [1.29, 1.82) is 5.26 Å². The third-order valence-electron chi connectivity index (χ3n) is 6.05. The van der Waals surface area contributed by atoms with Crippen LogP contribution in [0.5, 0.6) is 0 Å². The number of ketones is 1. The molecule has 9 nitrogen and oxygen atoms in total. The molecule has 0 aliphatic rings. The van der Waals surface area contributed by atoms with Gasteiger partial charge in [0.2, 0.25) is 0 Å². The molecule has 0 bridgehead atoms. The molecule has 2 heterocycles. The van der Waals surface area contributed by atoms with Crippen LogP contribution in [0, 0.1) is 22.6 Å². The molecule has 0 aliphatic carbocycles. The largest absolute Gasteiger partial charge is 0.361 e. The van der Waals surface area contributed by atoms with Crippen molar-refractivity contribution in [2.45, 2.75) is 53.2 Å². The second kappa shape index (κ2) is 12.1. The van der Waals surface area contributed by atoms with Crippen LogP contribution in [-0.2, 0) is 16.3 Å². The number of rotatable bonds is 10. The molecule has 1 amide bonds. The molecule has 0 radical (unpaired) electrons. The number of amides is 1.